The highest BCUT2D eigenvalue weighted by Gasteiger charge is 2.20. The molecule has 1 aromatic rings. The number of nitrogens with two attached hydrogens (primary N) is 2. The van der Waals surface area contributed by atoms with Gasteiger partial charge in [0.25, 0.3) is 0 Å². The summed E-state index contributed by atoms with van der Waals surface area (Å²) in [6.07, 6.45) is 2.06. The number of aliphatic hydroxyl groups excluding tert-OH is 3. The third kappa shape index (κ3) is 9.85. The van der Waals surface area contributed by atoms with Gasteiger partial charge in [0.1, 0.15) is 0 Å². The number of primary amides is 1. The summed E-state index contributed by atoms with van der Waals surface area (Å²) < 4.78 is 0. The van der Waals surface area contributed by atoms with E-state index in [0.29, 0.717) is 6.42 Å². The fourth-order valence-electron chi connectivity index (χ4n) is 1.41. The number of aliphatic hydroxyl groups is 3. The molecular weight excluding hydrogens is 318 g/mol. The zero-order valence-corrected chi connectivity index (χ0v) is 13.6. The molecule has 0 fully saturated rings. The second-order valence-electron chi connectivity index (χ2n) is 5.03. The molecule has 0 spiro atoms. The lowest BCUT2D eigenvalue weighted by molar-refractivity contribution is -0.118. The average molecular weight is 341 g/mol. The summed E-state index contributed by atoms with van der Waals surface area (Å²) in [6, 6.07) is 7.68. The van der Waals surface area contributed by atoms with Crippen LogP contribution in [0.25, 0.3) is 0 Å². The molecule has 0 saturated carbocycles. The van der Waals surface area contributed by atoms with Crippen molar-refractivity contribution in [2.75, 3.05) is 19.8 Å². The second kappa shape index (κ2) is 11.8. The molecule has 0 unspecified atom stereocenters. The van der Waals surface area contributed by atoms with Gasteiger partial charge in [-0.25, -0.2) is 0 Å². The first-order chi connectivity index (χ1) is 10.9. The van der Waals surface area contributed by atoms with Gasteiger partial charge in [-0.15, -0.1) is 0 Å². The number of hydrogen-bond acceptors (Lipinski definition) is 7. The molecule has 0 aromatic heterocycles. The largest absolute Gasteiger partial charge is 0.394 e. The number of nitrogens with zero attached hydrogens (tertiary/aromatic N) is 1. The van der Waals surface area contributed by atoms with E-state index >= 15 is 0 Å². The normalized spacial score (nSPS) is 10.3. The molecular formula is C15H23N3O4S. The van der Waals surface area contributed by atoms with E-state index in [1.165, 1.54) is 5.56 Å². The van der Waals surface area contributed by atoms with E-state index in [4.69, 9.17) is 26.8 Å². The average Bonchev–Trinajstić information content (AvgIpc) is 2.56. The van der Waals surface area contributed by atoms with Crippen LogP contribution in [0.5, 0.6) is 0 Å². The van der Waals surface area contributed by atoms with E-state index in [2.05, 4.69) is 22.4 Å². The van der Waals surface area contributed by atoms with Gasteiger partial charge in [0.15, 0.2) is 0 Å². The van der Waals surface area contributed by atoms with E-state index in [1.54, 1.807) is 0 Å². The zero-order chi connectivity index (χ0) is 17.7. The summed E-state index contributed by atoms with van der Waals surface area (Å²) in [5, 5.41) is 27.3. The van der Waals surface area contributed by atoms with Gasteiger partial charge >= 0.3 is 0 Å². The summed E-state index contributed by atoms with van der Waals surface area (Å²) in [4.78, 5) is 14.4. The molecule has 0 radical (unpaired) electrons. The van der Waals surface area contributed by atoms with E-state index < -0.39 is 25.4 Å². The Kier molecular flexibility index (Phi) is 11.0. The fourth-order valence-corrected chi connectivity index (χ4v) is 1.51. The van der Waals surface area contributed by atoms with Crippen molar-refractivity contribution in [3.8, 4) is 0 Å². The molecule has 7 N–H and O–H groups in total. The van der Waals surface area contributed by atoms with Crippen LogP contribution in [0.1, 0.15) is 18.4 Å². The van der Waals surface area contributed by atoms with Gasteiger partial charge in [0, 0.05) is 6.42 Å². The Bertz CT molecular complexity index is 504. The van der Waals surface area contributed by atoms with E-state index in [0.717, 1.165) is 18.5 Å². The number of aryl methyl sites for hydroxylation is 1. The SMILES string of the molecule is NC(=O)CCCc1ccc(N=C=S)cc1.NC(CO)(CO)CO. The van der Waals surface area contributed by atoms with Gasteiger partial charge in [-0.3, -0.25) is 4.79 Å². The minimum absolute atomic E-state index is 0.253. The first kappa shape index (κ1) is 21.3. The Hall–Kier alpha value is -1.67. The van der Waals surface area contributed by atoms with Crippen LogP contribution in [0.3, 0.4) is 0 Å². The van der Waals surface area contributed by atoms with Crippen LogP contribution in [-0.2, 0) is 11.2 Å². The predicted molar refractivity (Wildman–Crippen MR) is 91.4 cm³/mol. The number of hydrogen-bond donors (Lipinski definition) is 5. The fraction of sp³-hybridized carbons (Fsp3) is 0.467. The Morgan fingerprint density at radius 1 is 1.17 bits per heavy atom. The van der Waals surface area contributed by atoms with Crippen molar-refractivity contribution in [3.63, 3.8) is 0 Å². The molecule has 0 aliphatic rings. The highest BCUT2D eigenvalue weighted by atomic mass is 32.1. The molecule has 0 saturated heterocycles. The maximum Gasteiger partial charge on any atom is 0.217 e. The summed E-state index contributed by atoms with van der Waals surface area (Å²) >= 11 is 4.50. The Labute approximate surface area is 140 Å². The third-order valence-electron chi connectivity index (χ3n) is 2.94. The second-order valence-corrected chi connectivity index (χ2v) is 5.21. The van der Waals surface area contributed by atoms with E-state index in [9.17, 15) is 4.79 Å². The van der Waals surface area contributed by atoms with Crippen molar-refractivity contribution in [1.82, 2.24) is 0 Å². The molecule has 1 amide bonds. The van der Waals surface area contributed by atoms with Crippen molar-refractivity contribution in [2.24, 2.45) is 16.5 Å². The van der Waals surface area contributed by atoms with Crippen molar-refractivity contribution < 1.29 is 20.1 Å². The van der Waals surface area contributed by atoms with Crippen molar-refractivity contribution in [3.05, 3.63) is 29.8 Å². The van der Waals surface area contributed by atoms with Gasteiger partial charge in [-0.05, 0) is 42.8 Å². The van der Waals surface area contributed by atoms with Gasteiger partial charge in [-0.2, -0.15) is 4.99 Å². The monoisotopic (exact) mass is 341 g/mol. The van der Waals surface area contributed by atoms with Crippen LogP contribution in [-0.4, -0.2) is 51.7 Å². The van der Waals surface area contributed by atoms with Crippen LogP contribution < -0.4 is 11.5 Å². The number of amides is 1. The molecule has 0 bridgehead atoms. The van der Waals surface area contributed by atoms with Crippen LogP contribution in [0.15, 0.2) is 29.3 Å². The number of isothiocyanates is 1. The van der Waals surface area contributed by atoms with E-state index in [-0.39, 0.29) is 5.91 Å². The molecule has 0 heterocycles. The van der Waals surface area contributed by atoms with Crippen LogP contribution >= 0.6 is 12.2 Å². The van der Waals surface area contributed by atoms with Gasteiger partial charge in [0.05, 0.1) is 36.2 Å². The maximum absolute atomic E-state index is 10.5. The number of carbonyl (C=O) groups is 1. The smallest absolute Gasteiger partial charge is 0.217 e. The van der Waals surface area contributed by atoms with Gasteiger partial charge < -0.3 is 26.8 Å². The third-order valence-corrected chi connectivity index (χ3v) is 3.04. The summed E-state index contributed by atoms with van der Waals surface area (Å²) in [7, 11) is 0. The van der Waals surface area contributed by atoms with E-state index in [1.807, 2.05) is 24.3 Å². The number of aliphatic imine (C=N–C) groups is 1. The number of carbonyl (C=O) groups excluding carboxylic acids is 1. The Morgan fingerprint density at radius 3 is 2.04 bits per heavy atom. The maximum atomic E-state index is 10.5. The molecule has 23 heavy (non-hydrogen) atoms. The molecule has 0 aliphatic heterocycles. The molecule has 0 aliphatic carbocycles. The van der Waals surface area contributed by atoms with Crippen LogP contribution in [0.2, 0.25) is 0 Å². The first-order valence-corrected chi connectivity index (χ1v) is 7.38. The van der Waals surface area contributed by atoms with Gasteiger partial charge in [0.2, 0.25) is 5.91 Å². The molecule has 7 nitrogen and oxygen atoms in total. The molecule has 1 aromatic carbocycles. The highest BCUT2D eigenvalue weighted by molar-refractivity contribution is 7.78. The van der Waals surface area contributed by atoms with Crippen molar-refractivity contribution in [2.45, 2.75) is 24.8 Å². The lowest BCUT2D eigenvalue weighted by Crippen LogP contribution is -2.50. The standard InChI is InChI=1S/C11H12N2OS.C4H11NO3/c12-11(14)3-1-2-9-4-6-10(7-5-9)13-8-15;5-4(1-6,2-7)3-8/h4-7H,1-3H2,(H2,12,14);6-8H,1-3,5H2. The van der Waals surface area contributed by atoms with Crippen molar-refractivity contribution >= 4 is 29.0 Å². The quantitative estimate of drug-likeness (QED) is 0.330. The molecule has 8 heteroatoms. The van der Waals surface area contributed by atoms with Crippen molar-refractivity contribution in [1.29, 1.82) is 0 Å². The summed E-state index contributed by atoms with van der Waals surface area (Å²) in [5.74, 6) is -0.253. The number of rotatable bonds is 8. The number of benzene rings is 1. The predicted octanol–water partition coefficient (Wildman–Crippen LogP) is -0.110. The molecule has 128 valence electrons. The number of thiocarbonyl (C=S) groups is 1. The highest BCUT2D eigenvalue weighted by Crippen LogP contribution is 2.13. The van der Waals surface area contributed by atoms with Crippen LogP contribution in [0, 0.1) is 0 Å². The topological polar surface area (TPSA) is 142 Å². The molecule has 1 rings (SSSR count). The van der Waals surface area contributed by atoms with Gasteiger partial charge in [-0.1, -0.05) is 12.1 Å². The zero-order valence-electron chi connectivity index (χ0n) is 12.8. The minimum atomic E-state index is -1.21. The minimum Gasteiger partial charge on any atom is -0.394 e. The summed E-state index contributed by atoms with van der Waals surface area (Å²) in [6.45, 7) is -1.21. The Morgan fingerprint density at radius 2 is 1.70 bits per heavy atom. The van der Waals surface area contributed by atoms with Crippen LogP contribution in [0.4, 0.5) is 5.69 Å². The first-order valence-electron chi connectivity index (χ1n) is 6.97. The lowest BCUT2D eigenvalue weighted by atomic mass is 10.1. The Balaban J connectivity index is 0.000000515. The lowest BCUT2D eigenvalue weighted by Gasteiger charge is -2.20. The molecule has 0 atom stereocenters. The summed E-state index contributed by atoms with van der Waals surface area (Å²) in [5.41, 5.74) is 10.9.